The number of nitrogens with zero attached hydrogens (tertiary/aromatic N) is 2. The Labute approximate surface area is 148 Å². The van der Waals surface area contributed by atoms with Gasteiger partial charge in [0, 0.05) is 22.9 Å². The highest BCUT2D eigenvalue weighted by Crippen LogP contribution is 2.21. The summed E-state index contributed by atoms with van der Waals surface area (Å²) in [5.74, 6) is 0.527. The fourth-order valence-corrected chi connectivity index (χ4v) is 3.20. The average Bonchev–Trinajstić information content (AvgIpc) is 3.12. The number of halogens is 1. The van der Waals surface area contributed by atoms with E-state index in [2.05, 4.69) is 20.5 Å². The Kier molecular flexibility index (Phi) is 5.51. The highest BCUT2D eigenvalue weighted by Gasteiger charge is 2.11. The van der Waals surface area contributed by atoms with Crippen LogP contribution in [-0.4, -0.2) is 21.1 Å². The second kappa shape index (κ2) is 7.99. The smallest absolute Gasteiger partial charge is 0.251 e. The van der Waals surface area contributed by atoms with Crippen LogP contribution in [-0.2, 0) is 12.3 Å². The van der Waals surface area contributed by atoms with Crippen molar-refractivity contribution in [3.63, 3.8) is 0 Å². The molecular weight excluding hydrogens is 344 g/mol. The number of carbonyl (C=O) groups excluding carboxylic acids is 1. The van der Waals surface area contributed by atoms with Crippen LogP contribution < -0.4 is 5.32 Å². The lowest BCUT2D eigenvalue weighted by atomic mass is 10.1. The van der Waals surface area contributed by atoms with Crippen molar-refractivity contribution in [2.75, 3.05) is 0 Å². The van der Waals surface area contributed by atoms with Crippen LogP contribution in [0.5, 0.6) is 0 Å². The second-order valence-corrected chi connectivity index (χ2v) is 6.45. The molecule has 0 unspecified atom stereocenters. The molecule has 0 saturated carbocycles. The Morgan fingerprint density at radius 3 is 2.88 bits per heavy atom. The van der Waals surface area contributed by atoms with Gasteiger partial charge < -0.3 is 5.32 Å². The van der Waals surface area contributed by atoms with Gasteiger partial charge >= 0.3 is 0 Å². The van der Waals surface area contributed by atoms with Crippen molar-refractivity contribution in [2.45, 2.75) is 17.5 Å². The molecule has 1 amide bonds. The molecule has 0 spiro atoms. The number of carbonyl (C=O) groups is 1. The molecule has 3 aromatic rings. The highest BCUT2D eigenvalue weighted by atomic mass is 35.5. The molecule has 7 heteroatoms. The zero-order valence-electron chi connectivity index (χ0n) is 12.7. The molecule has 0 aliphatic heterocycles. The van der Waals surface area contributed by atoms with E-state index in [1.807, 2.05) is 48.5 Å². The third kappa shape index (κ3) is 4.37. The van der Waals surface area contributed by atoms with Gasteiger partial charge in [0.15, 0.2) is 5.16 Å². The molecule has 1 aromatic heterocycles. The molecule has 2 N–H and O–H groups in total. The topological polar surface area (TPSA) is 70.7 Å². The van der Waals surface area contributed by atoms with Crippen LogP contribution in [0.1, 0.15) is 21.5 Å². The summed E-state index contributed by atoms with van der Waals surface area (Å²) in [4.78, 5) is 16.6. The van der Waals surface area contributed by atoms with Crippen molar-refractivity contribution in [2.24, 2.45) is 0 Å². The maximum Gasteiger partial charge on any atom is 0.251 e. The van der Waals surface area contributed by atoms with Crippen LogP contribution in [0.3, 0.4) is 0 Å². The van der Waals surface area contributed by atoms with Crippen LogP contribution in [0.4, 0.5) is 0 Å². The molecule has 2 aromatic carbocycles. The van der Waals surface area contributed by atoms with Crippen LogP contribution >= 0.6 is 23.4 Å². The summed E-state index contributed by atoms with van der Waals surface area (Å²) in [6.45, 7) is 0.434. The van der Waals surface area contributed by atoms with E-state index in [1.54, 1.807) is 0 Å². The number of amides is 1. The Bertz CT molecular complexity index is 823. The van der Waals surface area contributed by atoms with Crippen molar-refractivity contribution in [1.82, 2.24) is 20.5 Å². The molecule has 0 saturated heterocycles. The lowest BCUT2D eigenvalue weighted by molar-refractivity contribution is 0.0950. The van der Waals surface area contributed by atoms with E-state index < -0.39 is 0 Å². The van der Waals surface area contributed by atoms with Gasteiger partial charge in [-0.05, 0) is 29.3 Å². The quantitative estimate of drug-likeness (QED) is 0.659. The largest absolute Gasteiger partial charge is 0.348 e. The number of H-pyrrole nitrogens is 1. The van der Waals surface area contributed by atoms with Gasteiger partial charge in [0.1, 0.15) is 6.33 Å². The van der Waals surface area contributed by atoms with Crippen LogP contribution in [0.2, 0.25) is 5.02 Å². The molecule has 0 radical (unpaired) electrons. The molecule has 1 heterocycles. The fraction of sp³-hybridized carbons (Fsp3) is 0.118. The zero-order chi connectivity index (χ0) is 16.8. The maximum atomic E-state index is 12.5. The minimum absolute atomic E-state index is 0.108. The van der Waals surface area contributed by atoms with Crippen LogP contribution in [0, 0.1) is 0 Å². The standard InChI is InChI=1S/C17H15ClN4OS/c18-14-6-3-4-12(8-14)9-19-16(23)15-7-2-1-5-13(15)10-24-17-20-11-21-22-17/h1-8,11H,9-10H2,(H,19,23)(H,20,21,22). The number of nitrogens with one attached hydrogen (secondary N) is 2. The summed E-state index contributed by atoms with van der Waals surface area (Å²) >= 11 is 7.46. The monoisotopic (exact) mass is 358 g/mol. The lowest BCUT2D eigenvalue weighted by Gasteiger charge is -2.10. The molecule has 0 aliphatic rings. The normalized spacial score (nSPS) is 10.5. The summed E-state index contributed by atoms with van der Waals surface area (Å²) in [7, 11) is 0. The van der Waals surface area contributed by atoms with Gasteiger partial charge in [0.05, 0.1) is 0 Å². The maximum absolute atomic E-state index is 12.5. The Balaban J connectivity index is 1.65. The third-order valence-electron chi connectivity index (χ3n) is 3.36. The van der Waals surface area contributed by atoms with E-state index in [4.69, 9.17) is 11.6 Å². The summed E-state index contributed by atoms with van der Waals surface area (Å²) in [5, 5.41) is 10.9. The van der Waals surface area contributed by atoms with E-state index in [-0.39, 0.29) is 5.91 Å². The number of hydrogen-bond donors (Lipinski definition) is 2. The molecule has 24 heavy (non-hydrogen) atoms. The minimum Gasteiger partial charge on any atom is -0.348 e. The zero-order valence-corrected chi connectivity index (χ0v) is 14.3. The summed E-state index contributed by atoms with van der Waals surface area (Å²) in [6.07, 6.45) is 1.46. The van der Waals surface area contributed by atoms with Gasteiger partial charge in [-0.3, -0.25) is 9.89 Å². The van der Waals surface area contributed by atoms with Gasteiger partial charge in [-0.15, -0.1) is 0 Å². The molecule has 5 nitrogen and oxygen atoms in total. The number of hydrogen-bond acceptors (Lipinski definition) is 4. The van der Waals surface area contributed by atoms with Gasteiger partial charge in [-0.25, -0.2) is 4.98 Å². The molecule has 0 aliphatic carbocycles. The molecule has 0 fully saturated rings. The number of thioether (sulfide) groups is 1. The molecule has 0 atom stereocenters. The van der Waals surface area contributed by atoms with Crippen molar-refractivity contribution < 1.29 is 4.79 Å². The number of rotatable bonds is 6. The second-order valence-electron chi connectivity index (χ2n) is 5.05. The Hall–Kier alpha value is -2.31. The van der Waals surface area contributed by atoms with Gasteiger partial charge in [-0.1, -0.05) is 53.7 Å². The predicted molar refractivity (Wildman–Crippen MR) is 95.0 cm³/mol. The van der Waals surface area contributed by atoms with Gasteiger partial charge in [0.25, 0.3) is 5.91 Å². The first-order chi connectivity index (χ1) is 11.7. The van der Waals surface area contributed by atoms with E-state index >= 15 is 0 Å². The van der Waals surface area contributed by atoms with Crippen molar-refractivity contribution in [1.29, 1.82) is 0 Å². The van der Waals surface area contributed by atoms with E-state index in [1.165, 1.54) is 18.1 Å². The first-order valence-corrected chi connectivity index (χ1v) is 8.67. The average molecular weight is 359 g/mol. The highest BCUT2D eigenvalue weighted by molar-refractivity contribution is 7.98. The molecule has 122 valence electrons. The number of aromatic amines is 1. The predicted octanol–water partition coefficient (Wildman–Crippen LogP) is 3.68. The minimum atomic E-state index is -0.108. The van der Waals surface area contributed by atoms with E-state index in [9.17, 15) is 4.79 Å². The number of benzene rings is 2. The van der Waals surface area contributed by atoms with Crippen molar-refractivity contribution >= 4 is 29.3 Å². The molecule has 0 bridgehead atoms. The summed E-state index contributed by atoms with van der Waals surface area (Å²) in [5.41, 5.74) is 2.57. The van der Waals surface area contributed by atoms with Crippen LogP contribution in [0.15, 0.2) is 60.0 Å². The van der Waals surface area contributed by atoms with Crippen molar-refractivity contribution in [3.8, 4) is 0 Å². The fourth-order valence-electron chi connectivity index (χ4n) is 2.20. The van der Waals surface area contributed by atoms with E-state index in [0.717, 1.165) is 16.3 Å². The third-order valence-corrected chi connectivity index (χ3v) is 4.52. The summed E-state index contributed by atoms with van der Waals surface area (Å²) < 4.78 is 0. The van der Waals surface area contributed by atoms with Crippen molar-refractivity contribution in [3.05, 3.63) is 76.6 Å². The van der Waals surface area contributed by atoms with Gasteiger partial charge in [0.2, 0.25) is 0 Å². The Morgan fingerprint density at radius 1 is 1.21 bits per heavy atom. The molecule has 3 rings (SSSR count). The summed E-state index contributed by atoms with van der Waals surface area (Å²) in [6, 6.07) is 15.0. The Morgan fingerprint density at radius 2 is 2.08 bits per heavy atom. The molecular formula is C17H15ClN4OS. The van der Waals surface area contributed by atoms with Crippen LogP contribution in [0.25, 0.3) is 0 Å². The lowest BCUT2D eigenvalue weighted by Crippen LogP contribution is -2.23. The van der Waals surface area contributed by atoms with E-state index in [0.29, 0.717) is 22.9 Å². The van der Waals surface area contributed by atoms with Gasteiger partial charge in [-0.2, -0.15) is 5.10 Å². The first-order valence-electron chi connectivity index (χ1n) is 7.31. The first kappa shape index (κ1) is 16.5. The number of aromatic nitrogens is 3. The SMILES string of the molecule is O=C(NCc1cccc(Cl)c1)c1ccccc1CSc1ncn[nH]1.